The molecule has 0 aliphatic carbocycles. The zero-order valence-corrected chi connectivity index (χ0v) is 4.94. The molecule has 9 heavy (non-hydrogen) atoms. The van der Waals surface area contributed by atoms with E-state index in [0.717, 1.165) is 12.2 Å². The van der Waals surface area contributed by atoms with Crippen molar-refractivity contribution in [2.75, 3.05) is 5.43 Å². The molecule has 1 aromatic carbocycles. The average Bonchev–Trinajstić information content (AvgIpc) is 2.33. The van der Waals surface area contributed by atoms with Gasteiger partial charge in [0.2, 0.25) is 0 Å². The van der Waals surface area contributed by atoms with Gasteiger partial charge in [0.25, 0.3) is 0 Å². The van der Waals surface area contributed by atoms with Crippen molar-refractivity contribution in [2.24, 2.45) is 0 Å². The fraction of sp³-hybridized carbons (Fsp3) is 0.143. The molecule has 1 aliphatic rings. The Balaban J connectivity index is 2.54. The average molecular weight is 119 g/mol. The molecule has 1 heterocycles. The van der Waals surface area contributed by atoms with E-state index in [1.54, 1.807) is 0 Å². The first kappa shape index (κ1) is 4.82. The Bertz CT molecular complexity index is 197. The molecular formula is C7H7N2. The molecule has 0 spiro atoms. The van der Waals surface area contributed by atoms with E-state index < -0.39 is 0 Å². The fourth-order valence-corrected chi connectivity index (χ4v) is 0.963. The van der Waals surface area contributed by atoms with Gasteiger partial charge in [0.05, 0.1) is 5.69 Å². The Morgan fingerprint density at radius 2 is 2.56 bits per heavy atom. The molecule has 0 aromatic heterocycles. The Hall–Kier alpha value is -1.02. The number of hydrogen-bond acceptors (Lipinski definition) is 2. The van der Waals surface area contributed by atoms with Gasteiger partial charge < -0.3 is 5.43 Å². The maximum atomic E-state index is 3.12. The molecule has 45 valence electrons. The van der Waals surface area contributed by atoms with Gasteiger partial charge in [-0.1, -0.05) is 12.1 Å². The van der Waals surface area contributed by atoms with Crippen LogP contribution in [0.1, 0.15) is 5.56 Å². The van der Waals surface area contributed by atoms with Gasteiger partial charge in [-0.25, -0.2) is 5.43 Å². The fourth-order valence-electron chi connectivity index (χ4n) is 0.963. The summed E-state index contributed by atoms with van der Waals surface area (Å²) in [6.07, 6.45) is 0. The van der Waals surface area contributed by atoms with Crippen molar-refractivity contribution in [3.8, 4) is 0 Å². The number of hydrazine groups is 1. The lowest BCUT2D eigenvalue weighted by molar-refractivity contribution is 0.859. The minimum Gasteiger partial charge on any atom is -0.321 e. The van der Waals surface area contributed by atoms with Gasteiger partial charge in [-0.3, -0.25) is 0 Å². The van der Waals surface area contributed by atoms with Crippen molar-refractivity contribution in [1.29, 1.82) is 0 Å². The number of nitrogens with one attached hydrogen (secondary N) is 2. The lowest BCUT2D eigenvalue weighted by atomic mass is 10.2. The van der Waals surface area contributed by atoms with Crippen molar-refractivity contribution >= 4 is 5.69 Å². The van der Waals surface area contributed by atoms with Gasteiger partial charge in [-0.05, 0) is 12.1 Å². The minimum absolute atomic E-state index is 0.885. The molecule has 1 aromatic rings. The molecule has 2 nitrogen and oxygen atoms in total. The first-order chi connectivity index (χ1) is 4.47. The maximum Gasteiger partial charge on any atom is 0.0539 e. The molecule has 2 heteroatoms. The van der Waals surface area contributed by atoms with Crippen molar-refractivity contribution in [1.82, 2.24) is 5.43 Å². The Kier molecular flexibility index (Phi) is 0.932. The van der Waals surface area contributed by atoms with E-state index in [1.807, 2.05) is 18.2 Å². The van der Waals surface area contributed by atoms with Crippen LogP contribution < -0.4 is 10.9 Å². The second-order valence-corrected chi connectivity index (χ2v) is 2.04. The third-order valence-corrected chi connectivity index (χ3v) is 1.43. The quantitative estimate of drug-likeness (QED) is 0.530. The van der Waals surface area contributed by atoms with E-state index in [0.29, 0.717) is 0 Å². The number of rotatable bonds is 0. The predicted octanol–water partition coefficient (Wildman–Crippen LogP) is 0.917. The summed E-state index contributed by atoms with van der Waals surface area (Å²) in [5.41, 5.74) is 8.40. The monoisotopic (exact) mass is 119 g/mol. The molecule has 0 atom stereocenters. The highest BCUT2D eigenvalue weighted by atomic mass is 15.4. The van der Waals surface area contributed by atoms with E-state index in [-0.39, 0.29) is 0 Å². The maximum absolute atomic E-state index is 3.12. The highest BCUT2D eigenvalue weighted by molar-refractivity contribution is 5.52. The molecule has 0 saturated carbocycles. The van der Waals surface area contributed by atoms with Gasteiger partial charge in [0.1, 0.15) is 0 Å². The molecule has 0 unspecified atom stereocenters. The van der Waals surface area contributed by atoms with Crippen LogP contribution in [0.3, 0.4) is 0 Å². The second kappa shape index (κ2) is 1.74. The molecule has 2 N–H and O–H groups in total. The summed E-state index contributed by atoms with van der Waals surface area (Å²) in [6.45, 7) is 0.885. The number of anilines is 1. The zero-order chi connectivity index (χ0) is 6.10. The van der Waals surface area contributed by atoms with Crippen molar-refractivity contribution < 1.29 is 0 Å². The standard InChI is InChI=1S/C7H7N2/c1-2-4-7-6(3-1)5-8-9-7/h1-2,4,8-9H,5H2. The number of fused-ring (bicyclic) bond motifs is 1. The first-order valence-corrected chi connectivity index (χ1v) is 2.95. The van der Waals surface area contributed by atoms with Gasteiger partial charge in [0, 0.05) is 12.1 Å². The summed E-state index contributed by atoms with van der Waals surface area (Å²) in [5, 5.41) is 0. The van der Waals surface area contributed by atoms with E-state index in [2.05, 4.69) is 16.9 Å². The Morgan fingerprint density at radius 3 is 3.44 bits per heavy atom. The smallest absolute Gasteiger partial charge is 0.0539 e. The molecule has 0 saturated heterocycles. The summed E-state index contributed by atoms with van der Waals surface area (Å²) in [7, 11) is 0. The van der Waals surface area contributed by atoms with Crippen LogP contribution in [-0.4, -0.2) is 0 Å². The van der Waals surface area contributed by atoms with Crippen LogP contribution in [0.4, 0.5) is 5.69 Å². The highest BCUT2D eigenvalue weighted by Crippen LogP contribution is 2.16. The van der Waals surface area contributed by atoms with Crippen LogP contribution in [0.5, 0.6) is 0 Å². The van der Waals surface area contributed by atoms with Gasteiger partial charge in [-0.15, -0.1) is 0 Å². The SMILES string of the molecule is [c]1cccc2c1CNN2. The van der Waals surface area contributed by atoms with Crippen LogP contribution in [0.15, 0.2) is 18.2 Å². The van der Waals surface area contributed by atoms with Crippen molar-refractivity contribution in [3.05, 3.63) is 29.8 Å². The van der Waals surface area contributed by atoms with Crippen molar-refractivity contribution in [3.63, 3.8) is 0 Å². The largest absolute Gasteiger partial charge is 0.321 e. The molecule has 1 radical (unpaired) electrons. The molecule has 0 bridgehead atoms. The normalized spacial score (nSPS) is 14.7. The van der Waals surface area contributed by atoms with Crippen LogP contribution in [0.2, 0.25) is 0 Å². The summed E-state index contributed by atoms with van der Waals surface area (Å²) < 4.78 is 0. The summed E-state index contributed by atoms with van der Waals surface area (Å²) in [6, 6.07) is 9.05. The summed E-state index contributed by atoms with van der Waals surface area (Å²) in [4.78, 5) is 0. The Labute approximate surface area is 53.9 Å². The minimum atomic E-state index is 0.885. The van der Waals surface area contributed by atoms with Crippen LogP contribution in [-0.2, 0) is 6.54 Å². The number of benzene rings is 1. The van der Waals surface area contributed by atoms with Gasteiger partial charge >= 0.3 is 0 Å². The van der Waals surface area contributed by atoms with E-state index in [9.17, 15) is 0 Å². The summed E-state index contributed by atoms with van der Waals surface area (Å²) in [5.74, 6) is 0. The predicted molar refractivity (Wildman–Crippen MR) is 35.7 cm³/mol. The van der Waals surface area contributed by atoms with Gasteiger partial charge in [-0.2, -0.15) is 0 Å². The highest BCUT2D eigenvalue weighted by Gasteiger charge is 2.05. The molecule has 0 fully saturated rings. The van der Waals surface area contributed by atoms with Gasteiger partial charge in [0.15, 0.2) is 0 Å². The van der Waals surface area contributed by atoms with E-state index in [1.165, 1.54) is 5.56 Å². The Morgan fingerprint density at radius 1 is 1.56 bits per heavy atom. The van der Waals surface area contributed by atoms with Crippen LogP contribution in [0.25, 0.3) is 0 Å². The lowest BCUT2D eigenvalue weighted by Crippen LogP contribution is -2.10. The number of hydrogen-bond donors (Lipinski definition) is 2. The second-order valence-electron chi connectivity index (χ2n) is 2.04. The van der Waals surface area contributed by atoms with E-state index >= 15 is 0 Å². The first-order valence-electron chi connectivity index (χ1n) is 2.95. The van der Waals surface area contributed by atoms with Crippen molar-refractivity contribution in [2.45, 2.75) is 6.54 Å². The topological polar surface area (TPSA) is 24.1 Å². The third kappa shape index (κ3) is 0.678. The van der Waals surface area contributed by atoms with E-state index in [4.69, 9.17) is 0 Å². The lowest BCUT2D eigenvalue weighted by Gasteiger charge is -1.93. The molecule has 0 amide bonds. The molecule has 1 aliphatic heterocycles. The molecule has 2 rings (SSSR count). The molecular weight excluding hydrogens is 112 g/mol. The van der Waals surface area contributed by atoms with Crippen LogP contribution in [0, 0.1) is 6.07 Å². The summed E-state index contributed by atoms with van der Waals surface area (Å²) >= 11 is 0. The zero-order valence-electron chi connectivity index (χ0n) is 4.94. The van der Waals surface area contributed by atoms with Crippen LogP contribution >= 0.6 is 0 Å². The third-order valence-electron chi connectivity index (χ3n) is 1.43.